The smallest absolute Gasteiger partial charge is 0.303 e. The second-order valence-electron chi connectivity index (χ2n) is 4.77. The number of rotatable bonds is 9. The Balaban J connectivity index is 0.000000443. The van der Waals surface area contributed by atoms with Gasteiger partial charge in [-0.2, -0.15) is 0 Å². The van der Waals surface area contributed by atoms with E-state index in [9.17, 15) is 4.79 Å². The van der Waals surface area contributed by atoms with Crippen molar-refractivity contribution in [1.29, 1.82) is 0 Å². The number of hydrogen-bond acceptors (Lipinski definition) is 1. The summed E-state index contributed by atoms with van der Waals surface area (Å²) >= 11 is 0. The zero-order chi connectivity index (χ0) is 14.2. The molecule has 2 heteroatoms. The van der Waals surface area contributed by atoms with Crippen molar-refractivity contribution in [1.82, 2.24) is 0 Å². The fraction of sp³-hybridized carbons (Fsp3) is 0.588. The van der Waals surface area contributed by atoms with Crippen LogP contribution in [-0.2, 0) is 4.79 Å². The molecule has 0 aliphatic heterocycles. The predicted molar refractivity (Wildman–Crippen MR) is 81.3 cm³/mol. The molecule has 0 amide bonds. The number of carboxylic acids is 1. The average molecular weight is 264 g/mol. The van der Waals surface area contributed by atoms with Gasteiger partial charge >= 0.3 is 5.97 Å². The van der Waals surface area contributed by atoms with Crippen LogP contribution in [0.25, 0.3) is 0 Å². The molecule has 2 nitrogen and oxygen atoms in total. The molecule has 0 bridgehead atoms. The maximum atomic E-state index is 10.2. The molecule has 0 aromatic heterocycles. The second kappa shape index (κ2) is 14.7. The molecule has 0 radical (unpaired) electrons. The maximum Gasteiger partial charge on any atom is 0.303 e. The van der Waals surface area contributed by atoms with Gasteiger partial charge in [-0.15, -0.1) is 0 Å². The lowest BCUT2D eigenvalue weighted by Crippen LogP contribution is -1.93. The van der Waals surface area contributed by atoms with E-state index in [2.05, 4.69) is 6.92 Å². The monoisotopic (exact) mass is 264 g/mol. The van der Waals surface area contributed by atoms with E-state index in [-0.39, 0.29) is 0 Å². The molecule has 1 aromatic rings. The minimum absolute atomic E-state index is 0.342. The zero-order valence-corrected chi connectivity index (χ0v) is 12.2. The van der Waals surface area contributed by atoms with Crippen LogP contribution in [-0.4, -0.2) is 11.1 Å². The number of hydrogen-bond donors (Lipinski definition) is 1. The Hall–Kier alpha value is -1.31. The Bertz CT molecular complexity index is 256. The quantitative estimate of drug-likeness (QED) is 0.615. The normalized spacial score (nSPS) is 9.53. The SMILES string of the molecule is CCCCCCCCCCC(=O)O.c1ccccc1. The van der Waals surface area contributed by atoms with Crippen LogP contribution < -0.4 is 0 Å². The molecule has 1 aromatic carbocycles. The molecular weight excluding hydrogens is 236 g/mol. The Kier molecular flexibility index (Phi) is 13.7. The summed E-state index contributed by atoms with van der Waals surface area (Å²) in [5.74, 6) is -0.661. The molecule has 19 heavy (non-hydrogen) atoms. The van der Waals surface area contributed by atoms with Crippen LogP contribution in [0, 0.1) is 0 Å². The van der Waals surface area contributed by atoms with Crippen LogP contribution in [0.1, 0.15) is 64.7 Å². The first-order chi connectivity index (χ1) is 9.27. The minimum Gasteiger partial charge on any atom is -0.481 e. The molecule has 0 saturated heterocycles. The molecule has 0 fully saturated rings. The lowest BCUT2D eigenvalue weighted by atomic mass is 10.1. The van der Waals surface area contributed by atoms with Gasteiger partial charge in [0.25, 0.3) is 0 Å². The Labute approximate surface area is 117 Å². The molecule has 1 N–H and O–H groups in total. The summed E-state index contributed by atoms with van der Waals surface area (Å²) in [5.41, 5.74) is 0. The highest BCUT2D eigenvalue weighted by Crippen LogP contribution is 2.09. The van der Waals surface area contributed by atoms with Crippen molar-refractivity contribution in [3.05, 3.63) is 36.4 Å². The second-order valence-corrected chi connectivity index (χ2v) is 4.77. The van der Waals surface area contributed by atoms with Crippen molar-refractivity contribution >= 4 is 5.97 Å². The standard InChI is InChI=1S/C11H22O2.C6H6/c1-2-3-4-5-6-7-8-9-10-11(12)13;1-2-4-6-5-3-1/h2-10H2,1H3,(H,12,13);1-6H. The molecule has 0 aliphatic carbocycles. The summed E-state index contributed by atoms with van der Waals surface area (Å²) in [5, 5.41) is 8.39. The number of benzene rings is 1. The maximum absolute atomic E-state index is 10.2. The van der Waals surface area contributed by atoms with Gasteiger partial charge in [0, 0.05) is 6.42 Å². The van der Waals surface area contributed by atoms with E-state index < -0.39 is 5.97 Å². The summed E-state index contributed by atoms with van der Waals surface area (Å²) in [4.78, 5) is 10.2. The first-order valence-corrected chi connectivity index (χ1v) is 7.49. The van der Waals surface area contributed by atoms with E-state index >= 15 is 0 Å². The summed E-state index contributed by atoms with van der Waals surface area (Å²) in [7, 11) is 0. The van der Waals surface area contributed by atoms with E-state index in [1.54, 1.807) is 0 Å². The lowest BCUT2D eigenvalue weighted by molar-refractivity contribution is -0.137. The molecule has 0 spiro atoms. The fourth-order valence-corrected chi connectivity index (χ4v) is 1.80. The third-order valence-corrected chi connectivity index (χ3v) is 2.91. The minimum atomic E-state index is -0.661. The highest BCUT2D eigenvalue weighted by Gasteiger charge is 1.95. The number of carbonyl (C=O) groups is 1. The zero-order valence-electron chi connectivity index (χ0n) is 12.2. The van der Waals surface area contributed by atoms with Crippen LogP contribution in [0.3, 0.4) is 0 Å². The molecule has 0 atom stereocenters. The van der Waals surface area contributed by atoms with Crippen molar-refractivity contribution in [2.75, 3.05) is 0 Å². The van der Waals surface area contributed by atoms with Crippen LogP contribution >= 0.6 is 0 Å². The summed E-state index contributed by atoms with van der Waals surface area (Å²) < 4.78 is 0. The van der Waals surface area contributed by atoms with Gasteiger partial charge in [0.1, 0.15) is 0 Å². The summed E-state index contributed by atoms with van der Waals surface area (Å²) in [6, 6.07) is 12.0. The van der Waals surface area contributed by atoms with Gasteiger partial charge in [0.2, 0.25) is 0 Å². The molecule has 0 aliphatic rings. The van der Waals surface area contributed by atoms with Crippen LogP contribution in [0.5, 0.6) is 0 Å². The van der Waals surface area contributed by atoms with Gasteiger partial charge in [-0.1, -0.05) is 88.3 Å². The Morgan fingerprint density at radius 1 is 0.737 bits per heavy atom. The van der Waals surface area contributed by atoms with Gasteiger partial charge in [-0.05, 0) is 6.42 Å². The molecule has 0 unspecified atom stereocenters. The van der Waals surface area contributed by atoms with Crippen molar-refractivity contribution in [3.8, 4) is 0 Å². The number of aliphatic carboxylic acids is 1. The summed E-state index contributed by atoms with van der Waals surface area (Å²) in [6.07, 6.45) is 10.1. The molecule has 108 valence electrons. The van der Waals surface area contributed by atoms with Crippen LogP contribution in [0.2, 0.25) is 0 Å². The van der Waals surface area contributed by atoms with E-state index in [0.717, 1.165) is 12.8 Å². The van der Waals surface area contributed by atoms with Crippen LogP contribution in [0.4, 0.5) is 0 Å². The van der Waals surface area contributed by atoms with E-state index in [1.165, 1.54) is 38.5 Å². The Morgan fingerprint density at radius 2 is 1.11 bits per heavy atom. The van der Waals surface area contributed by atoms with Crippen molar-refractivity contribution in [2.24, 2.45) is 0 Å². The van der Waals surface area contributed by atoms with Crippen molar-refractivity contribution in [3.63, 3.8) is 0 Å². The van der Waals surface area contributed by atoms with Gasteiger partial charge in [0.15, 0.2) is 0 Å². The largest absolute Gasteiger partial charge is 0.481 e. The molecule has 0 heterocycles. The average Bonchev–Trinajstić information content (AvgIpc) is 2.44. The highest BCUT2D eigenvalue weighted by atomic mass is 16.4. The Morgan fingerprint density at radius 3 is 1.47 bits per heavy atom. The first kappa shape index (κ1) is 17.7. The number of carboxylic acid groups (broad SMARTS) is 1. The predicted octanol–water partition coefficient (Wildman–Crippen LogP) is 5.29. The lowest BCUT2D eigenvalue weighted by Gasteiger charge is -1.99. The van der Waals surface area contributed by atoms with Crippen LogP contribution in [0.15, 0.2) is 36.4 Å². The molecular formula is C17H28O2. The fourth-order valence-electron chi connectivity index (χ4n) is 1.80. The molecule has 1 rings (SSSR count). The van der Waals surface area contributed by atoms with Gasteiger partial charge in [0.05, 0.1) is 0 Å². The summed E-state index contributed by atoms with van der Waals surface area (Å²) in [6.45, 7) is 2.22. The third-order valence-electron chi connectivity index (χ3n) is 2.91. The topological polar surface area (TPSA) is 37.3 Å². The van der Waals surface area contributed by atoms with Crippen molar-refractivity contribution < 1.29 is 9.90 Å². The molecule has 0 saturated carbocycles. The van der Waals surface area contributed by atoms with Gasteiger partial charge in [-0.3, -0.25) is 4.79 Å². The first-order valence-electron chi connectivity index (χ1n) is 7.49. The van der Waals surface area contributed by atoms with E-state index in [1.807, 2.05) is 36.4 Å². The van der Waals surface area contributed by atoms with E-state index in [0.29, 0.717) is 6.42 Å². The van der Waals surface area contributed by atoms with Gasteiger partial charge < -0.3 is 5.11 Å². The van der Waals surface area contributed by atoms with Crippen molar-refractivity contribution in [2.45, 2.75) is 64.7 Å². The van der Waals surface area contributed by atoms with Gasteiger partial charge in [-0.25, -0.2) is 0 Å². The van der Waals surface area contributed by atoms with E-state index in [4.69, 9.17) is 5.11 Å². The number of unbranched alkanes of at least 4 members (excludes halogenated alkanes) is 7. The highest BCUT2D eigenvalue weighted by molar-refractivity contribution is 5.66. The third kappa shape index (κ3) is 16.7.